The van der Waals surface area contributed by atoms with E-state index in [2.05, 4.69) is 28.6 Å². The average molecular weight is 485 g/mol. The Morgan fingerprint density at radius 1 is 1.17 bits per heavy atom. The Morgan fingerprint density at radius 2 is 1.89 bits per heavy atom. The monoisotopic (exact) mass is 484 g/mol. The molecular weight excluding hydrogens is 447 g/mol. The Labute approximate surface area is 207 Å². The molecule has 1 aromatic heterocycles. The SMILES string of the molecule is CCN(CC)CCOC(=O)c1c(C)[nH]c(/C=C2\C(=O)N(CCCN(C)C)c3ccc(F)cc32)c1C. The van der Waals surface area contributed by atoms with Crippen molar-refractivity contribution in [1.82, 2.24) is 14.8 Å². The van der Waals surface area contributed by atoms with Crippen molar-refractivity contribution in [1.29, 1.82) is 0 Å². The molecule has 0 aliphatic carbocycles. The van der Waals surface area contributed by atoms with Crippen LogP contribution < -0.4 is 4.90 Å². The van der Waals surface area contributed by atoms with Gasteiger partial charge in [0, 0.05) is 30.0 Å². The lowest BCUT2D eigenvalue weighted by Gasteiger charge is -2.18. The van der Waals surface area contributed by atoms with Crippen molar-refractivity contribution in [2.45, 2.75) is 34.1 Å². The number of likely N-dealkylation sites (N-methyl/N-ethyl adjacent to an activating group) is 1. The van der Waals surface area contributed by atoms with E-state index < -0.39 is 5.82 Å². The van der Waals surface area contributed by atoms with Gasteiger partial charge in [-0.15, -0.1) is 0 Å². The number of ether oxygens (including phenoxy) is 1. The molecule has 2 heterocycles. The van der Waals surface area contributed by atoms with Gasteiger partial charge >= 0.3 is 5.97 Å². The van der Waals surface area contributed by atoms with Crippen LogP contribution in [-0.4, -0.2) is 80.1 Å². The third-order valence-electron chi connectivity index (χ3n) is 6.51. The number of rotatable bonds is 11. The molecule has 35 heavy (non-hydrogen) atoms. The van der Waals surface area contributed by atoms with Gasteiger partial charge in [-0.3, -0.25) is 4.79 Å². The molecule has 0 fully saturated rings. The molecule has 7 nitrogen and oxygen atoms in total. The number of fused-ring (bicyclic) bond motifs is 1. The van der Waals surface area contributed by atoms with Gasteiger partial charge in [0.25, 0.3) is 5.91 Å². The molecule has 1 N–H and O–H groups in total. The van der Waals surface area contributed by atoms with E-state index in [0.29, 0.717) is 59.0 Å². The fourth-order valence-electron chi connectivity index (χ4n) is 4.48. The Hall–Kier alpha value is -2.97. The predicted molar refractivity (Wildman–Crippen MR) is 138 cm³/mol. The van der Waals surface area contributed by atoms with Crippen LogP contribution >= 0.6 is 0 Å². The van der Waals surface area contributed by atoms with E-state index in [9.17, 15) is 14.0 Å². The minimum absolute atomic E-state index is 0.167. The average Bonchev–Trinajstić information content (AvgIpc) is 3.23. The maximum Gasteiger partial charge on any atom is 0.340 e. The van der Waals surface area contributed by atoms with E-state index in [1.165, 1.54) is 12.1 Å². The summed E-state index contributed by atoms with van der Waals surface area (Å²) in [5, 5.41) is 0. The molecule has 2 aromatic rings. The van der Waals surface area contributed by atoms with Gasteiger partial charge < -0.3 is 24.4 Å². The number of anilines is 1. The van der Waals surface area contributed by atoms with Crippen LogP contribution in [0.15, 0.2) is 18.2 Å². The molecule has 1 aliphatic rings. The maximum absolute atomic E-state index is 14.1. The van der Waals surface area contributed by atoms with E-state index in [0.717, 1.165) is 26.1 Å². The van der Waals surface area contributed by atoms with Crippen molar-refractivity contribution in [3.63, 3.8) is 0 Å². The highest BCUT2D eigenvalue weighted by molar-refractivity contribution is 6.35. The molecule has 0 spiro atoms. The van der Waals surface area contributed by atoms with E-state index in [1.54, 1.807) is 17.0 Å². The normalized spacial score (nSPS) is 14.5. The smallest absolute Gasteiger partial charge is 0.340 e. The second-order valence-electron chi connectivity index (χ2n) is 9.16. The van der Waals surface area contributed by atoms with Gasteiger partial charge in [0.15, 0.2) is 0 Å². The van der Waals surface area contributed by atoms with Crippen LogP contribution in [-0.2, 0) is 9.53 Å². The number of carbonyl (C=O) groups is 2. The number of halogens is 1. The fourth-order valence-corrected chi connectivity index (χ4v) is 4.48. The summed E-state index contributed by atoms with van der Waals surface area (Å²) in [6.45, 7) is 12.0. The first-order valence-electron chi connectivity index (χ1n) is 12.2. The number of amides is 1. The largest absolute Gasteiger partial charge is 0.461 e. The first-order chi connectivity index (χ1) is 16.7. The molecule has 0 atom stereocenters. The van der Waals surface area contributed by atoms with Crippen molar-refractivity contribution >= 4 is 29.2 Å². The highest BCUT2D eigenvalue weighted by Gasteiger charge is 2.33. The summed E-state index contributed by atoms with van der Waals surface area (Å²) in [5.41, 5.74) is 4.19. The van der Waals surface area contributed by atoms with Gasteiger partial charge in [0.1, 0.15) is 12.4 Å². The van der Waals surface area contributed by atoms with Crippen LogP contribution in [0.25, 0.3) is 11.6 Å². The molecule has 0 radical (unpaired) electrons. The standard InChI is InChI=1S/C27H37FN4O3/c1-7-31(8-2)14-15-35-27(34)25-18(3)23(29-19(25)4)17-22-21-16-20(28)10-11-24(21)32(26(22)33)13-9-12-30(5)6/h10-11,16-17,29H,7-9,12-15H2,1-6H3/b22-17-. The first-order valence-corrected chi connectivity index (χ1v) is 12.2. The van der Waals surface area contributed by atoms with Gasteiger partial charge in [-0.05, 0) is 83.8 Å². The topological polar surface area (TPSA) is 68.9 Å². The zero-order chi connectivity index (χ0) is 25.7. The molecule has 1 aliphatic heterocycles. The van der Waals surface area contributed by atoms with Gasteiger partial charge in [-0.25, -0.2) is 9.18 Å². The van der Waals surface area contributed by atoms with Gasteiger partial charge in [0.05, 0.1) is 16.8 Å². The number of nitrogens with zero attached hydrogens (tertiary/aromatic N) is 3. The lowest BCUT2D eigenvalue weighted by molar-refractivity contribution is -0.113. The lowest BCUT2D eigenvalue weighted by Crippen LogP contribution is -2.29. The number of nitrogens with one attached hydrogen (secondary N) is 1. The lowest BCUT2D eigenvalue weighted by atomic mass is 10.0. The van der Waals surface area contributed by atoms with E-state index in [-0.39, 0.29) is 11.9 Å². The molecule has 1 amide bonds. The van der Waals surface area contributed by atoms with Crippen LogP contribution in [0, 0.1) is 19.7 Å². The number of aromatic nitrogens is 1. The minimum Gasteiger partial charge on any atom is -0.461 e. The number of carbonyl (C=O) groups excluding carboxylic acids is 2. The Kier molecular flexibility index (Phi) is 8.86. The van der Waals surface area contributed by atoms with Crippen LogP contribution in [0.3, 0.4) is 0 Å². The van der Waals surface area contributed by atoms with Crippen molar-refractivity contribution in [3.8, 4) is 0 Å². The summed E-state index contributed by atoms with van der Waals surface area (Å²) >= 11 is 0. The molecule has 8 heteroatoms. The van der Waals surface area contributed by atoms with Crippen LogP contribution in [0.2, 0.25) is 0 Å². The molecule has 0 unspecified atom stereocenters. The second kappa shape index (κ2) is 11.6. The zero-order valence-corrected chi connectivity index (χ0v) is 21.7. The Bertz CT molecular complexity index is 1100. The number of hydrogen-bond donors (Lipinski definition) is 1. The molecule has 0 saturated carbocycles. The van der Waals surface area contributed by atoms with E-state index in [4.69, 9.17) is 4.74 Å². The van der Waals surface area contributed by atoms with Crippen molar-refractivity contribution in [2.75, 3.05) is 58.3 Å². The molecule has 1 aromatic carbocycles. The first kappa shape index (κ1) is 26.6. The molecule has 190 valence electrons. The summed E-state index contributed by atoms with van der Waals surface area (Å²) in [6.07, 6.45) is 2.52. The minimum atomic E-state index is -0.394. The summed E-state index contributed by atoms with van der Waals surface area (Å²) in [5.74, 6) is -0.948. The fraction of sp³-hybridized carbons (Fsp3) is 0.481. The van der Waals surface area contributed by atoms with Crippen molar-refractivity contribution in [3.05, 3.63) is 52.1 Å². The van der Waals surface area contributed by atoms with E-state index >= 15 is 0 Å². The van der Waals surface area contributed by atoms with Gasteiger partial charge in [-0.1, -0.05) is 13.8 Å². The third-order valence-corrected chi connectivity index (χ3v) is 6.51. The maximum atomic E-state index is 14.1. The number of benzene rings is 1. The predicted octanol–water partition coefficient (Wildman–Crippen LogP) is 4.11. The number of esters is 1. The Morgan fingerprint density at radius 3 is 2.54 bits per heavy atom. The molecule has 3 rings (SSSR count). The number of hydrogen-bond acceptors (Lipinski definition) is 5. The number of aromatic amines is 1. The summed E-state index contributed by atoms with van der Waals surface area (Å²) in [7, 11) is 3.98. The number of aryl methyl sites for hydroxylation is 1. The zero-order valence-electron chi connectivity index (χ0n) is 21.7. The Balaban J connectivity index is 1.87. The van der Waals surface area contributed by atoms with Crippen molar-refractivity contribution in [2.24, 2.45) is 0 Å². The molecule has 0 bridgehead atoms. The molecular formula is C27H37FN4O3. The number of H-pyrrole nitrogens is 1. The van der Waals surface area contributed by atoms with Crippen LogP contribution in [0.1, 0.15) is 53.1 Å². The quantitative estimate of drug-likeness (QED) is 0.384. The van der Waals surface area contributed by atoms with Crippen molar-refractivity contribution < 1.29 is 18.7 Å². The van der Waals surface area contributed by atoms with E-state index in [1.807, 2.05) is 27.9 Å². The van der Waals surface area contributed by atoms with Gasteiger partial charge in [-0.2, -0.15) is 0 Å². The summed E-state index contributed by atoms with van der Waals surface area (Å²) < 4.78 is 19.7. The highest BCUT2D eigenvalue weighted by atomic mass is 19.1. The van der Waals surface area contributed by atoms with Crippen LogP contribution in [0.4, 0.5) is 10.1 Å². The second-order valence-corrected chi connectivity index (χ2v) is 9.16. The summed E-state index contributed by atoms with van der Waals surface area (Å²) in [4.78, 5) is 35.4. The highest BCUT2D eigenvalue weighted by Crippen LogP contribution is 2.39. The van der Waals surface area contributed by atoms with Crippen LogP contribution in [0.5, 0.6) is 0 Å². The third kappa shape index (κ3) is 6.00. The van der Waals surface area contributed by atoms with Gasteiger partial charge in [0.2, 0.25) is 0 Å². The molecule has 0 saturated heterocycles. The summed E-state index contributed by atoms with van der Waals surface area (Å²) in [6, 6.07) is 4.44.